The number of thiophene rings is 1. The SMILES string of the molecule is CCOc1cc([C@H]2CC(=O)Nc3c(S(=O)(=O)c4ccc(OC)cc4)csc32)ccc1O. The van der Waals surface area contributed by atoms with Gasteiger partial charge in [0, 0.05) is 22.6 Å². The Morgan fingerprint density at radius 3 is 2.61 bits per heavy atom. The van der Waals surface area contributed by atoms with Gasteiger partial charge in [-0.05, 0) is 48.9 Å². The molecule has 1 amide bonds. The maximum Gasteiger partial charge on any atom is 0.225 e. The van der Waals surface area contributed by atoms with Crippen LogP contribution in [0.2, 0.25) is 0 Å². The summed E-state index contributed by atoms with van der Waals surface area (Å²) in [6, 6.07) is 11.1. The predicted octanol–water partition coefficient (Wildman–Crippen LogP) is 4.17. The average Bonchev–Trinajstić information content (AvgIpc) is 3.19. The molecule has 2 N–H and O–H groups in total. The maximum absolute atomic E-state index is 13.3. The number of hydrogen-bond acceptors (Lipinski definition) is 7. The number of hydrogen-bond donors (Lipinski definition) is 2. The molecule has 162 valence electrons. The van der Waals surface area contributed by atoms with E-state index >= 15 is 0 Å². The lowest BCUT2D eigenvalue weighted by Gasteiger charge is -2.24. The van der Waals surface area contributed by atoms with Gasteiger partial charge in [0.15, 0.2) is 11.5 Å². The van der Waals surface area contributed by atoms with Crippen LogP contribution in [0.4, 0.5) is 5.69 Å². The molecule has 3 aromatic rings. The summed E-state index contributed by atoms with van der Waals surface area (Å²) >= 11 is 1.29. The molecule has 1 aliphatic rings. The molecule has 1 atom stereocenters. The minimum Gasteiger partial charge on any atom is -0.504 e. The van der Waals surface area contributed by atoms with Gasteiger partial charge in [0.05, 0.1) is 24.3 Å². The monoisotopic (exact) mass is 459 g/mol. The summed E-state index contributed by atoms with van der Waals surface area (Å²) in [5, 5.41) is 14.3. The summed E-state index contributed by atoms with van der Waals surface area (Å²) in [6.07, 6.45) is 0.172. The minimum absolute atomic E-state index is 0.0139. The molecule has 2 aromatic carbocycles. The lowest BCUT2D eigenvalue weighted by atomic mass is 9.90. The van der Waals surface area contributed by atoms with Gasteiger partial charge < -0.3 is 19.9 Å². The molecule has 4 rings (SSSR count). The van der Waals surface area contributed by atoms with Gasteiger partial charge in [-0.1, -0.05) is 6.07 Å². The second-order valence-electron chi connectivity index (χ2n) is 6.98. The van der Waals surface area contributed by atoms with Crippen LogP contribution in [0, 0.1) is 0 Å². The molecule has 1 aromatic heterocycles. The van der Waals surface area contributed by atoms with Crippen molar-refractivity contribution in [2.75, 3.05) is 19.0 Å². The molecule has 31 heavy (non-hydrogen) atoms. The zero-order valence-electron chi connectivity index (χ0n) is 16.9. The van der Waals surface area contributed by atoms with Gasteiger partial charge in [-0.3, -0.25) is 4.79 Å². The van der Waals surface area contributed by atoms with E-state index in [0.29, 0.717) is 23.8 Å². The normalized spacial score (nSPS) is 15.8. The van der Waals surface area contributed by atoms with Gasteiger partial charge in [-0.2, -0.15) is 0 Å². The Hall–Kier alpha value is -3.04. The molecule has 0 unspecified atom stereocenters. The summed E-state index contributed by atoms with van der Waals surface area (Å²) < 4.78 is 37.1. The van der Waals surface area contributed by atoms with Crippen molar-refractivity contribution < 1.29 is 27.8 Å². The highest BCUT2D eigenvalue weighted by atomic mass is 32.2. The lowest BCUT2D eigenvalue weighted by Crippen LogP contribution is -2.23. The zero-order valence-corrected chi connectivity index (χ0v) is 18.5. The highest BCUT2D eigenvalue weighted by molar-refractivity contribution is 7.91. The molecule has 9 heteroatoms. The van der Waals surface area contributed by atoms with Gasteiger partial charge in [0.25, 0.3) is 0 Å². The van der Waals surface area contributed by atoms with Crippen LogP contribution >= 0.6 is 11.3 Å². The average molecular weight is 460 g/mol. The van der Waals surface area contributed by atoms with Crippen LogP contribution in [0.15, 0.2) is 57.6 Å². The number of fused-ring (bicyclic) bond motifs is 1. The third-order valence-corrected chi connectivity index (χ3v) is 8.14. The fourth-order valence-corrected chi connectivity index (χ4v) is 6.48. The minimum atomic E-state index is -3.84. The number of carbonyl (C=O) groups excluding carboxylic acids is 1. The number of rotatable bonds is 6. The molecule has 0 saturated carbocycles. The van der Waals surface area contributed by atoms with Crippen LogP contribution in [0.5, 0.6) is 17.2 Å². The van der Waals surface area contributed by atoms with Crippen molar-refractivity contribution >= 4 is 32.8 Å². The van der Waals surface area contributed by atoms with Crippen molar-refractivity contribution in [3.05, 3.63) is 58.3 Å². The Balaban J connectivity index is 1.77. The number of sulfone groups is 1. The van der Waals surface area contributed by atoms with E-state index in [0.717, 1.165) is 10.4 Å². The number of benzene rings is 2. The second-order valence-corrected chi connectivity index (χ2v) is 9.81. The van der Waals surface area contributed by atoms with Crippen molar-refractivity contribution in [3.63, 3.8) is 0 Å². The predicted molar refractivity (Wildman–Crippen MR) is 117 cm³/mol. The number of anilines is 1. The first-order chi connectivity index (χ1) is 14.8. The van der Waals surface area contributed by atoms with Gasteiger partial charge in [0.1, 0.15) is 10.6 Å². The summed E-state index contributed by atoms with van der Waals surface area (Å²) in [5.41, 5.74) is 1.08. The molecule has 1 aliphatic heterocycles. The molecule has 0 fully saturated rings. The van der Waals surface area contributed by atoms with Crippen molar-refractivity contribution in [2.24, 2.45) is 0 Å². The number of carbonyl (C=O) groups is 1. The molecule has 2 heterocycles. The standard InChI is InChI=1S/C22H21NO6S2/c1-3-29-18-10-13(4-9-17(18)24)16-11-20(25)23-21-19(12-30-22(16)21)31(26,27)15-7-5-14(28-2)6-8-15/h4-10,12,16,24H,3,11H2,1-2H3,(H,23,25)/t16-/m1/s1. The first-order valence-corrected chi connectivity index (χ1v) is 12.0. The van der Waals surface area contributed by atoms with Crippen LogP contribution in [0.3, 0.4) is 0 Å². The number of ether oxygens (including phenoxy) is 2. The van der Waals surface area contributed by atoms with Crippen molar-refractivity contribution in [2.45, 2.75) is 29.1 Å². The van der Waals surface area contributed by atoms with E-state index in [1.165, 1.54) is 36.6 Å². The van der Waals surface area contributed by atoms with Crippen LogP contribution in [-0.2, 0) is 14.6 Å². The number of phenols is 1. The summed E-state index contributed by atoms with van der Waals surface area (Å²) in [7, 11) is -2.33. The van der Waals surface area contributed by atoms with Crippen LogP contribution < -0.4 is 14.8 Å². The van der Waals surface area contributed by atoms with Crippen LogP contribution in [0.25, 0.3) is 0 Å². The van der Waals surface area contributed by atoms with Gasteiger partial charge >= 0.3 is 0 Å². The highest BCUT2D eigenvalue weighted by Crippen LogP contribution is 2.47. The third-order valence-electron chi connectivity index (χ3n) is 5.10. The van der Waals surface area contributed by atoms with Crippen LogP contribution in [0.1, 0.15) is 29.7 Å². The number of methoxy groups -OCH3 is 1. The summed E-state index contributed by atoms with van der Waals surface area (Å²) in [5.74, 6) is 0.286. The Labute approximate surface area is 184 Å². The van der Waals surface area contributed by atoms with E-state index in [-0.39, 0.29) is 33.8 Å². The van der Waals surface area contributed by atoms with Crippen LogP contribution in [-0.4, -0.2) is 33.1 Å². The summed E-state index contributed by atoms with van der Waals surface area (Å²) in [6.45, 7) is 2.20. The van der Waals surface area contributed by atoms with Crippen molar-refractivity contribution in [3.8, 4) is 17.2 Å². The number of aromatic hydroxyl groups is 1. The van der Waals surface area contributed by atoms with E-state index in [1.54, 1.807) is 29.6 Å². The number of nitrogens with one attached hydrogen (secondary N) is 1. The highest BCUT2D eigenvalue weighted by Gasteiger charge is 2.34. The van der Waals surface area contributed by atoms with Gasteiger partial charge in [0.2, 0.25) is 15.7 Å². The molecule has 0 spiro atoms. The molecular weight excluding hydrogens is 438 g/mol. The Bertz CT molecular complexity index is 1230. The maximum atomic E-state index is 13.3. The van der Waals surface area contributed by atoms with E-state index in [2.05, 4.69) is 5.32 Å². The molecule has 0 saturated heterocycles. The number of amides is 1. The fraction of sp³-hybridized carbons (Fsp3) is 0.227. The first kappa shape index (κ1) is 21.2. The molecular formula is C22H21NO6S2. The zero-order chi connectivity index (χ0) is 22.2. The molecule has 0 bridgehead atoms. The number of phenolic OH excluding ortho intramolecular Hbond substituents is 1. The third kappa shape index (κ3) is 3.86. The molecule has 0 radical (unpaired) electrons. The van der Waals surface area contributed by atoms with Crippen molar-refractivity contribution in [1.29, 1.82) is 0 Å². The topological polar surface area (TPSA) is 102 Å². The fourth-order valence-electron chi connectivity index (χ4n) is 3.57. The first-order valence-electron chi connectivity index (χ1n) is 9.61. The Kier molecular flexibility index (Phi) is 5.63. The Morgan fingerprint density at radius 2 is 1.94 bits per heavy atom. The second kappa shape index (κ2) is 8.24. The smallest absolute Gasteiger partial charge is 0.225 e. The quantitative estimate of drug-likeness (QED) is 0.574. The Morgan fingerprint density at radius 1 is 1.19 bits per heavy atom. The largest absolute Gasteiger partial charge is 0.504 e. The van der Waals surface area contributed by atoms with Gasteiger partial charge in [-0.15, -0.1) is 11.3 Å². The van der Waals surface area contributed by atoms with Gasteiger partial charge in [-0.25, -0.2) is 8.42 Å². The lowest BCUT2D eigenvalue weighted by molar-refractivity contribution is -0.116. The van der Waals surface area contributed by atoms with E-state index in [9.17, 15) is 18.3 Å². The van der Waals surface area contributed by atoms with E-state index < -0.39 is 9.84 Å². The van der Waals surface area contributed by atoms with E-state index in [4.69, 9.17) is 9.47 Å². The molecule has 7 nitrogen and oxygen atoms in total. The summed E-state index contributed by atoms with van der Waals surface area (Å²) in [4.78, 5) is 13.4. The van der Waals surface area contributed by atoms with E-state index in [1.807, 2.05) is 6.92 Å². The van der Waals surface area contributed by atoms with Crippen molar-refractivity contribution in [1.82, 2.24) is 0 Å². The molecule has 0 aliphatic carbocycles.